The van der Waals surface area contributed by atoms with Gasteiger partial charge in [-0.2, -0.15) is 0 Å². The molecule has 22 heavy (non-hydrogen) atoms. The fourth-order valence-electron chi connectivity index (χ4n) is 3.12. The highest BCUT2D eigenvalue weighted by atomic mass is 16.1. The number of aromatic nitrogens is 1. The van der Waals surface area contributed by atoms with E-state index >= 15 is 0 Å². The van der Waals surface area contributed by atoms with E-state index in [2.05, 4.69) is 39.5 Å². The van der Waals surface area contributed by atoms with Gasteiger partial charge >= 0.3 is 0 Å². The number of carbonyl (C=O) groups excluding carboxylic acids is 1. The molecule has 0 spiro atoms. The lowest BCUT2D eigenvalue weighted by molar-refractivity contribution is 0.0924. The third-order valence-electron chi connectivity index (χ3n) is 4.33. The normalized spacial score (nSPS) is 17.1. The number of carbonyl (C=O) groups is 1. The summed E-state index contributed by atoms with van der Waals surface area (Å²) in [7, 11) is 0. The summed E-state index contributed by atoms with van der Waals surface area (Å²) in [5, 5.41) is 3.08. The van der Waals surface area contributed by atoms with Crippen LogP contribution in [0.15, 0.2) is 48.8 Å². The first kappa shape index (κ1) is 14.9. The van der Waals surface area contributed by atoms with Crippen LogP contribution < -0.4 is 5.32 Å². The molecule has 3 rings (SSSR count). The molecule has 116 valence electrons. The molecule has 1 fully saturated rings. The lowest BCUT2D eigenvalue weighted by Gasteiger charge is -2.35. The first-order valence-electron chi connectivity index (χ1n) is 8.04. The van der Waals surface area contributed by atoms with Crippen molar-refractivity contribution in [3.8, 4) is 0 Å². The summed E-state index contributed by atoms with van der Waals surface area (Å²) >= 11 is 0. The molecular weight excluding hydrogens is 274 g/mol. The highest BCUT2D eigenvalue weighted by molar-refractivity contribution is 5.93. The SMILES string of the molecule is O=C(NC[C@@H](c1ccccc1)N1CCCCC1)c1cc[nH]c1. The summed E-state index contributed by atoms with van der Waals surface area (Å²) in [6.45, 7) is 2.87. The molecule has 1 atom stereocenters. The Bertz CT molecular complexity index is 574. The first-order valence-corrected chi connectivity index (χ1v) is 8.04. The average molecular weight is 297 g/mol. The van der Waals surface area contributed by atoms with E-state index in [1.807, 2.05) is 6.07 Å². The Morgan fingerprint density at radius 2 is 1.91 bits per heavy atom. The number of hydrogen-bond donors (Lipinski definition) is 2. The molecule has 4 heteroatoms. The van der Waals surface area contributed by atoms with E-state index < -0.39 is 0 Å². The van der Waals surface area contributed by atoms with Crippen molar-refractivity contribution in [1.29, 1.82) is 0 Å². The Morgan fingerprint density at radius 1 is 1.14 bits per heavy atom. The second kappa shape index (κ2) is 7.27. The number of benzene rings is 1. The van der Waals surface area contributed by atoms with Gasteiger partial charge in [0, 0.05) is 18.9 Å². The van der Waals surface area contributed by atoms with Crippen LogP contribution in [0.25, 0.3) is 0 Å². The van der Waals surface area contributed by atoms with Gasteiger partial charge < -0.3 is 10.3 Å². The number of nitrogens with one attached hydrogen (secondary N) is 2. The third-order valence-corrected chi connectivity index (χ3v) is 4.33. The number of piperidine rings is 1. The molecule has 4 nitrogen and oxygen atoms in total. The standard InChI is InChI=1S/C18H23N3O/c22-18(16-9-10-19-13-16)20-14-17(15-7-3-1-4-8-15)21-11-5-2-6-12-21/h1,3-4,7-10,13,17,19H,2,5-6,11-12,14H2,(H,20,22)/t17-/m0/s1. The van der Waals surface area contributed by atoms with Gasteiger partial charge in [-0.1, -0.05) is 36.8 Å². The minimum atomic E-state index is -0.0146. The third kappa shape index (κ3) is 3.57. The largest absolute Gasteiger partial charge is 0.367 e. The predicted molar refractivity (Wildman–Crippen MR) is 87.7 cm³/mol. The summed E-state index contributed by atoms with van der Waals surface area (Å²) in [6, 6.07) is 12.5. The van der Waals surface area contributed by atoms with Gasteiger partial charge in [0.2, 0.25) is 0 Å². The molecule has 0 unspecified atom stereocenters. The number of hydrogen-bond acceptors (Lipinski definition) is 2. The van der Waals surface area contributed by atoms with E-state index in [-0.39, 0.29) is 11.9 Å². The molecule has 0 aliphatic carbocycles. The average Bonchev–Trinajstić information content (AvgIpc) is 3.11. The van der Waals surface area contributed by atoms with E-state index in [1.54, 1.807) is 18.5 Å². The van der Waals surface area contributed by atoms with Crippen LogP contribution in [0.5, 0.6) is 0 Å². The van der Waals surface area contributed by atoms with Crippen molar-refractivity contribution >= 4 is 5.91 Å². The quantitative estimate of drug-likeness (QED) is 0.891. The van der Waals surface area contributed by atoms with Gasteiger partial charge in [-0.05, 0) is 37.6 Å². The molecule has 0 saturated carbocycles. The van der Waals surface area contributed by atoms with Crippen LogP contribution in [-0.2, 0) is 0 Å². The Labute approximate surface area is 131 Å². The Kier molecular flexibility index (Phi) is 4.91. The molecule has 0 bridgehead atoms. The molecule has 1 aromatic carbocycles. The number of amides is 1. The lowest BCUT2D eigenvalue weighted by atomic mass is 10.0. The van der Waals surface area contributed by atoms with Crippen molar-refractivity contribution in [2.45, 2.75) is 25.3 Å². The van der Waals surface area contributed by atoms with Crippen molar-refractivity contribution < 1.29 is 4.79 Å². The van der Waals surface area contributed by atoms with Crippen LogP contribution in [0.2, 0.25) is 0 Å². The first-order chi connectivity index (χ1) is 10.8. The van der Waals surface area contributed by atoms with Gasteiger partial charge in [-0.3, -0.25) is 9.69 Å². The van der Waals surface area contributed by atoms with Crippen molar-refractivity contribution in [3.63, 3.8) is 0 Å². The van der Waals surface area contributed by atoms with E-state index in [1.165, 1.54) is 24.8 Å². The van der Waals surface area contributed by atoms with E-state index in [4.69, 9.17) is 0 Å². The maximum atomic E-state index is 12.2. The number of rotatable bonds is 5. The molecular formula is C18H23N3O. The Balaban J connectivity index is 1.69. The van der Waals surface area contributed by atoms with Gasteiger partial charge in [-0.15, -0.1) is 0 Å². The van der Waals surface area contributed by atoms with Crippen molar-refractivity contribution in [1.82, 2.24) is 15.2 Å². The monoisotopic (exact) mass is 297 g/mol. The van der Waals surface area contributed by atoms with Gasteiger partial charge in [0.25, 0.3) is 5.91 Å². The smallest absolute Gasteiger partial charge is 0.252 e. The molecule has 1 aliphatic heterocycles. The molecule has 2 aromatic rings. The van der Waals surface area contributed by atoms with Crippen LogP contribution in [0.3, 0.4) is 0 Å². The number of aromatic amines is 1. The highest BCUT2D eigenvalue weighted by Crippen LogP contribution is 2.24. The summed E-state index contributed by atoms with van der Waals surface area (Å²) in [4.78, 5) is 17.6. The summed E-state index contributed by atoms with van der Waals surface area (Å²) in [6.07, 6.45) is 7.31. The topological polar surface area (TPSA) is 48.1 Å². The highest BCUT2D eigenvalue weighted by Gasteiger charge is 2.22. The van der Waals surface area contributed by atoms with Gasteiger partial charge in [0.1, 0.15) is 0 Å². The molecule has 0 radical (unpaired) electrons. The zero-order valence-corrected chi connectivity index (χ0v) is 12.8. The fourth-order valence-corrected chi connectivity index (χ4v) is 3.12. The van der Waals surface area contributed by atoms with E-state index in [9.17, 15) is 4.79 Å². The Hall–Kier alpha value is -2.07. The molecule has 1 saturated heterocycles. The molecule has 2 heterocycles. The fraction of sp³-hybridized carbons (Fsp3) is 0.389. The summed E-state index contributed by atoms with van der Waals surface area (Å²) in [5.41, 5.74) is 1.96. The van der Waals surface area contributed by atoms with Crippen LogP contribution >= 0.6 is 0 Å². The number of nitrogens with zero attached hydrogens (tertiary/aromatic N) is 1. The second-order valence-corrected chi connectivity index (χ2v) is 5.83. The summed E-state index contributed by atoms with van der Waals surface area (Å²) < 4.78 is 0. The van der Waals surface area contributed by atoms with Gasteiger partial charge in [-0.25, -0.2) is 0 Å². The van der Waals surface area contributed by atoms with Crippen molar-refractivity contribution in [3.05, 3.63) is 59.9 Å². The minimum Gasteiger partial charge on any atom is -0.367 e. The zero-order valence-electron chi connectivity index (χ0n) is 12.8. The van der Waals surface area contributed by atoms with E-state index in [0.29, 0.717) is 12.1 Å². The van der Waals surface area contributed by atoms with Crippen LogP contribution in [0.1, 0.15) is 41.2 Å². The summed E-state index contributed by atoms with van der Waals surface area (Å²) in [5.74, 6) is -0.0146. The van der Waals surface area contributed by atoms with Crippen LogP contribution in [0, 0.1) is 0 Å². The molecule has 1 aromatic heterocycles. The van der Waals surface area contributed by atoms with E-state index in [0.717, 1.165) is 13.1 Å². The Morgan fingerprint density at radius 3 is 2.59 bits per heavy atom. The van der Waals surface area contributed by atoms with Crippen molar-refractivity contribution in [2.24, 2.45) is 0 Å². The van der Waals surface area contributed by atoms with Crippen molar-refractivity contribution in [2.75, 3.05) is 19.6 Å². The maximum Gasteiger partial charge on any atom is 0.252 e. The molecule has 1 amide bonds. The lowest BCUT2D eigenvalue weighted by Crippen LogP contribution is -2.40. The zero-order chi connectivity index (χ0) is 15.2. The second-order valence-electron chi connectivity index (χ2n) is 5.83. The molecule has 2 N–H and O–H groups in total. The van der Waals surface area contributed by atoms with Crippen LogP contribution in [-0.4, -0.2) is 35.4 Å². The predicted octanol–water partition coefficient (Wildman–Crippen LogP) is 2.97. The molecule has 1 aliphatic rings. The minimum absolute atomic E-state index is 0.0146. The number of H-pyrrole nitrogens is 1. The number of likely N-dealkylation sites (tertiary alicyclic amines) is 1. The maximum absolute atomic E-state index is 12.2. The van der Waals surface area contributed by atoms with Crippen LogP contribution in [0.4, 0.5) is 0 Å². The van der Waals surface area contributed by atoms with Gasteiger partial charge in [0.05, 0.1) is 11.6 Å². The van der Waals surface area contributed by atoms with Gasteiger partial charge in [0.15, 0.2) is 0 Å².